The quantitative estimate of drug-likeness (QED) is 0.804. The fraction of sp³-hybridized carbons (Fsp3) is 0.364. The largest absolute Gasteiger partial charge is 0.508 e. The number of carbonyl (C=O) groups is 1. The number of rotatable bonds is 3. The Hall–Kier alpha value is -1.22. The van der Waals surface area contributed by atoms with E-state index in [2.05, 4.69) is 0 Å². The molecule has 0 aliphatic carbocycles. The highest BCUT2D eigenvalue weighted by molar-refractivity contribution is 6.27. The van der Waals surface area contributed by atoms with Gasteiger partial charge in [-0.25, -0.2) is 0 Å². The topological polar surface area (TPSA) is 40.5 Å². The first-order valence-corrected chi connectivity index (χ1v) is 5.20. The van der Waals surface area contributed by atoms with Crippen molar-refractivity contribution in [3.05, 3.63) is 29.8 Å². The van der Waals surface area contributed by atoms with E-state index in [1.54, 1.807) is 30.1 Å². The highest BCUT2D eigenvalue weighted by Crippen LogP contribution is 2.22. The van der Waals surface area contributed by atoms with Crippen molar-refractivity contribution in [1.29, 1.82) is 0 Å². The third kappa shape index (κ3) is 2.86. The van der Waals surface area contributed by atoms with Crippen molar-refractivity contribution in [3.8, 4) is 5.75 Å². The second kappa shape index (κ2) is 5.03. The number of carbonyl (C=O) groups excluding carboxylic acids is 1. The van der Waals surface area contributed by atoms with Gasteiger partial charge >= 0.3 is 0 Å². The Morgan fingerprint density at radius 2 is 2.27 bits per heavy atom. The van der Waals surface area contributed by atoms with E-state index in [1.807, 2.05) is 13.0 Å². The molecule has 0 radical (unpaired) electrons. The van der Waals surface area contributed by atoms with Gasteiger partial charge in [-0.15, -0.1) is 11.6 Å². The summed E-state index contributed by atoms with van der Waals surface area (Å²) in [6.07, 6.45) is 0. The maximum absolute atomic E-state index is 11.3. The molecule has 4 heteroatoms. The molecule has 3 nitrogen and oxygen atoms in total. The minimum Gasteiger partial charge on any atom is -0.508 e. The highest BCUT2D eigenvalue weighted by atomic mass is 35.5. The van der Waals surface area contributed by atoms with Gasteiger partial charge in [0.15, 0.2) is 0 Å². The van der Waals surface area contributed by atoms with E-state index in [1.165, 1.54) is 0 Å². The van der Waals surface area contributed by atoms with E-state index in [-0.39, 0.29) is 23.6 Å². The lowest BCUT2D eigenvalue weighted by Gasteiger charge is -2.24. The molecule has 1 rings (SSSR count). The smallest absolute Gasteiger partial charge is 0.237 e. The molecule has 15 heavy (non-hydrogen) atoms. The first-order chi connectivity index (χ1) is 7.06. The molecule has 0 saturated heterocycles. The van der Waals surface area contributed by atoms with Gasteiger partial charge in [0.1, 0.15) is 11.6 Å². The van der Waals surface area contributed by atoms with E-state index >= 15 is 0 Å². The molecule has 0 aromatic heterocycles. The minimum absolute atomic E-state index is 0.0281. The van der Waals surface area contributed by atoms with E-state index in [9.17, 15) is 9.90 Å². The van der Waals surface area contributed by atoms with Crippen LogP contribution in [0.3, 0.4) is 0 Å². The summed E-state index contributed by atoms with van der Waals surface area (Å²) >= 11 is 5.47. The van der Waals surface area contributed by atoms with E-state index < -0.39 is 0 Å². The van der Waals surface area contributed by atoms with Crippen molar-refractivity contribution < 1.29 is 9.90 Å². The molecule has 1 N–H and O–H groups in total. The van der Waals surface area contributed by atoms with Crippen molar-refractivity contribution >= 4 is 17.5 Å². The van der Waals surface area contributed by atoms with E-state index in [0.717, 1.165) is 5.56 Å². The molecule has 0 heterocycles. The number of halogens is 1. The van der Waals surface area contributed by atoms with Gasteiger partial charge in [0.2, 0.25) is 5.91 Å². The van der Waals surface area contributed by atoms with Gasteiger partial charge in [0, 0.05) is 7.05 Å². The van der Waals surface area contributed by atoms with Gasteiger partial charge in [-0.2, -0.15) is 0 Å². The molecule has 0 spiro atoms. The summed E-state index contributed by atoms with van der Waals surface area (Å²) in [5.41, 5.74) is 0.885. The number of benzene rings is 1. The third-order valence-electron chi connectivity index (χ3n) is 2.44. The molecule has 0 aliphatic heterocycles. The number of alkyl halides is 1. The van der Waals surface area contributed by atoms with Gasteiger partial charge in [-0.1, -0.05) is 12.1 Å². The average Bonchev–Trinajstić information content (AvgIpc) is 2.26. The first kappa shape index (κ1) is 11.9. The van der Waals surface area contributed by atoms with Crippen molar-refractivity contribution in [1.82, 2.24) is 4.90 Å². The molecule has 82 valence electrons. The number of aromatic hydroxyl groups is 1. The fourth-order valence-electron chi connectivity index (χ4n) is 1.32. The predicted molar refractivity (Wildman–Crippen MR) is 60.0 cm³/mol. The summed E-state index contributed by atoms with van der Waals surface area (Å²) < 4.78 is 0. The van der Waals surface area contributed by atoms with Crippen LogP contribution in [0.1, 0.15) is 18.5 Å². The standard InChI is InChI=1S/C11H14ClNO2/c1-8(13(2)11(15)7-12)9-4-3-5-10(14)6-9/h3-6,8,14H,7H2,1-2H3. The van der Waals surface area contributed by atoms with Crippen LogP contribution in [0.4, 0.5) is 0 Å². The Morgan fingerprint density at radius 3 is 2.80 bits per heavy atom. The zero-order valence-electron chi connectivity index (χ0n) is 8.77. The second-order valence-electron chi connectivity index (χ2n) is 3.41. The fourth-order valence-corrected chi connectivity index (χ4v) is 1.51. The molecular weight excluding hydrogens is 214 g/mol. The monoisotopic (exact) mass is 227 g/mol. The SMILES string of the molecule is CC(c1cccc(O)c1)N(C)C(=O)CCl. The maximum atomic E-state index is 11.3. The number of nitrogens with zero attached hydrogens (tertiary/aromatic N) is 1. The summed E-state index contributed by atoms with van der Waals surface area (Å²) in [5.74, 6) is 0.0400. The Balaban J connectivity index is 2.84. The number of hydrogen-bond acceptors (Lipinski definition) is 2. The lowest BCUT2D eigenvalue weighted by molar-refractivity contribution is -0.129. The Kier molecular flexibility index (Phi) is 3.97. The van der Waals surface area contributed by atoms with Crippen LogP contribution in [-0.2, 0) is 4.79 Å². The van der Waals surface area contributed by atoms with Crippen LogP contribution in [0.25, 0.3) is 0 Å². The molecule has 0 bridgehead atoms. The molecule has 1 amide bonds. The molecule has 0 fully saturated rings. The zero-order chi connectivity index (χ0) is 11.4. The molecular formula is C11H14ClNO2. The number of phenols is 1. The third-order valence-corrected chi connectivity index (χ3v) is 2.67. The Bertz CT molecular complexity index is 354. The van der Waals surface area contributed by atoms with Crippen molar-refractivity contribution in [3.63, 3.8) is 0 Å². The molecule has 0 aliphatic rings. The van der Waals surface area contributed by atoms with Gasteiger partial charge in [0.05, 0.1) is 6.04 Å². The summed E-state index contributed by atoms with van der Waals surface area (Å²) in [6.45, 7) is 1.89. The average molecular weight is 228 g/mol. The number of amides is 1. The molecule has 1 unspecified atom stereocenters. The molecule has 1 aromatic rings. The molecule has 1 aromatic carbocycles. The van der Waals surface area contributed by atoms with Crippen molar-refractivity contribution in [2.24, 2.45) is 0 Å². The normalized spacial score (nSPS) is 12.2. The number of hydrogen-bond donors (Lipinski definition) is 1. The van der Waals surface area contributed by atoms with Gasteiger partial charge in [-0.05, 0) is 24.6 Å². The van der Waals surface area contributed by atoms with Gasteiger partial charge < -0.3 is 10.0 Å². The van der Waals surface area contributed by atoms with Crippen LogP contribution in [0.2, 0.25) is 0 Å². The lowest BCUT2D eigenvalue weighted by Crippen LogP contribution is -2.30. The van der Waals surface area contributed by atoms with Crippen LogP contribution >= 0.6 is 11.6 Å². The highest BCUT2D eigenvalue weighted by Gasteiger charge is 2.16. The van der Waals surface area contributed by atoms with Crippen LogP contribution in [-0.4, -0.2) is 28.8 Å². The summed E-state index contributed by atoms with van der Waals surface area (Å²) in [4.78, 5) is 12.9. The molecule has 0 saturated carbocycles. The lowest BCUT2D eigenvalue weighted by atomic mass is 10.1. The second-order valence-corrected chi connectivity index (χ2v) is 3.68. The van der Waals surface area contributed by atoms with Crippen molar-refractivity contribution in [2.45, 2.75) is 13.0 Å². The van der Waals surface area contributed by atoms with E-state index in [0.29, 0.717) is 0 Å². The minimum atomic E-state index is -0.132. The summed E-state index contributed by atoms with van der Waals surface area (Å²) in [6, 6.07) is 6.76. The summed E-state index contributed by atoms with van der Waals surface area (Å²) in [5, 5.41) is 9.31. The maximum Gasteiger partial charge on any atom is 0.237 e. The Labute approximate surface area is 94.3 Å². The molecule has 1 atom stereocenters. The van der Waals surface area contributed by atoms with Crippen molar-refractivity contribution in [2.75, 3.05) is 12.9 Å². The van der Waals surface area contributed by atoms with E-state index in [4.69, 9.17) is 11.6 Å². The van der Waals surface area contributed by atoms with Crippen LogP contribution in [0.15, 0.2) is 24.3 Å². The number of phenolic OH excluding ortho intramolecular Hbond substituents is 1. The predicted octanol–water partition coefficient (Wildman–Crippen LogP) is 2.15. The summed E-state index contributed by atoms with van der Waals surface area (Å²) in [7, 11) is 1.69. The van der Waals surface area contributed by atoms with Gasteiger partial charge in [0.25, 0.3) is 0 Å². The van der Waals surface area contributed by atoms with Gasteiger partial charge in [-0.3, -0.25) is 4.79 Å². The zero-order valence-corrected chi connectivity index (χ0v) is 9.53. The first-order valence-electron chi connectivity index (χ1n) is 4.66. The Morgan fingerprint density at radius 1 is 1.60 bits per heavy atom. The van der Waals surface area contributed by atoms with Crippen LogP contribution in [0.5, 0.6) is 5.75 Å². The van der Waals surface area contributed by atoms with Crippen LogP contribution in [0, 0.1) is 0 Å². The van der Waals surface area contributed by atoms with Crippen LogP contribution < -0.4 is 0 Å².